The van der Waals surface area contributed by atoms with Crippen molar-refractivity contribution < 1.29 is 35.9 Å². The molecule has 12 heteroatoms. The Labute approximate surface area is 250 Å². The molecule has 0 bridgehead atoms. The first-order valence-electron chi connectivity index (χ1n) is 13.5. The van der Waals surface area contributed by atoms with E-state index in [0.29, 0.717) is 0 Å². The Morgan fingerprint density at radius 1 is 0.643 bits per heavy atom. The molecule has 0 spiro atoms. The number of rotatable bonds is 14. The fourth-order valence-electron chi connectivity index (χ4n) is 3.46. The largest absolute Gasteiger partial charge is 0.461 e. The molecule has 2 rings (SSSR count). The highest BCUT2D eigenvalue weighted by atomic mass is 32.2. The molecule has 2 atom stereocenters. The molecule has 0 saturated carbocycles. The van der Waals surface area contributed by atoms with Gasteiger partial charge in [0, 0.05) is 12.2 Å². The first-order valence-corrected chi connectivity index (χ1v) is 16.5. The summed E-state index contributed by atoms with van der Waals surface area (Å²) < 4.78 is 64.5. The second-order valence-corrected chi connectivity index (χ2v) is 16.8. The fourth-order valence-corrected chi connectivity index (χ4v) is 5.34. The van der Waals surface area contributed by atoms with E-state index >= 15 is 0 Å². The zero-order chi connectivity index (χ0) is 31.6. The van der Waals surface area contributed by atoms with Crippen LogP contribution in [-0.2, 0) is 52.0 Å². The van der Waals surface area contributed by atoms with Gasteiger partial charge in [0.1, 0.15) is 13.2 Å². The van der Waals surface area contributed by atoms with Gasteiger partial charge in [-0.15, -0.1) is 0 Å². The van der Waals surface area contributed by atoms with Crippen molar-refractivity contribution in [2.45, 2.75) is 76.0 Å². The Bertz CT molecular complexity index is 1300. The lowest BCUT2D eigenvalue weighted by Gasteiger charge is -2.25. The van der Waals surface area contributed by atoms with Gasteiger partial charge in [-0.1, -0.05) is 60.7 Å². The van der Waals surface area contributed by atoms with Crippen LogP contribution in [0.2, 0.25) is 0 Å². The quantitative estimate of drug-likeness (QED) is 0.241. The number of hydrogen-bond acceptors (Lipinski definition) is 8. The lowest BCUT2D eigenvalue weighted by Crippen LogP contribution is -2.47. The summed E-state index contributed by atoms with van der Waals surface area (Å²) in [6.07, 6.45) is 2.32. The minimum Gasteiger partial charge on any atom is -0.461 e. The van der Waals surface area contributed by atoms with Gasteiger partial charge in [-0.25, -0.2) is 35.9 Å². The number of hydrogen-bond donors (Lipinski definition) is 2. The minimum absolute atomic E-state index is 0.268. The average molecular weight is 623 g/mol. The number of ether oxygens (including phenoxy) is 2. The van der Waals surface area contributed by atoms with Crippen LogP contribution in [-0.4, -0.2) is 63.6 Å². The van der Waals surface area contributed by atoms with Crippen LogP contribution in [0, 0.1) is 0 Å². The first kappa shape index (κ1) is 35.1. The number of carbonyl (C=O) groups is 2. The van der Waals surface area contributed by atoms with Crippen molar-refractivity contribution in [3.8, 4) is 0 Å². The third kappa shape index (κ3) is 11.7. The van der Waals surface area contributed by atoms with E-state index in [-0.39, 0.29) is 26.1 Å². The Morgan fingerprint density at radius 3 is 1.24 bits per heavy atom. The Morgan fingerprint density at radius 2 is 0.952 bits per heavy atom. The number of sulfonamides is 2. The monoisotopic (exact) mass is 622 g/mol. The lowest BCUT2D eigenvalue weighted by molar-refractivity contribution is -0.141. The predicted molar refractivity (Wildman–Crippen MR) is 163 cm³/mol. The van der Waals surface area contributed by atoms with E-state index in [9.17, 15) is 26.4 Å². The maximum absolute atomic E-state index is 12.7. The van der Waals surface area contributed by atoms with Crippen molar-refractivity contribution >= 4 is 32.0 Å². The van der Waals surface area contributed by atoms with E-state index in [1.807, 2.05) is 60.7 Å². The molecule has 10 nitrogen and oxygen atoms in total. The van der Waals surface area contributed by atoms with Gasteiger partial charge in [-0.05, 0) is 65.5 Å². The summed E-state index contributed by atoms with van der Waals surface area (Å²) in [6.45, 7) is 8.84. The van der Waals surface area contributed by atoms with Gasteiger partial charge in [0.15, 0.2) is 0 Å². The van der Waals surface area contributed by atoms with Crippen LogP contribution in [0.3, 0.4) is 0 Å². The van der Waals surface area contributed by atoms with Crippen LogP contribution in [0.4, 0.5) is 0 Å². The van der Waals surface area contributed by atoms with Gasteiger partial charge in [0.25, 0.3) is 0 Å². The molecule has 0 saturated heterocycles. The van der Waals surface area contributed by atoms with Crippen LogP contribution < -0.4 is 9.44 Å². The van der Waals surface area contributed by atoms with E-state index < -0.39 is 53.6 Å². The predicted octanol–water partition coefficient (Wildman–Crippen LogP) is 3.29. The van der Waals surface area contributed by atoms with Crippen molar-refractivity contribution in [3.05, 3.63) is 83.9 Å². The van der Waals surface area contributed by atoms with E-state index in [0.717, 1.165) is 23.3 Å². The molecule has 0 fully saturated rings. The number of carbonyl (C=O) groups excluding carboxylic acids is 2. The summed E-state index contributed by atoms with van der Waals surface area (Å²) in [7, 11) is -7.47. The molecule has 0 radical (unpaired) electrons. The molecular weight excluding hydrogens is 580 g/mol. The summed E-state index contributed by atoms with van der Waals surface area (Å²) in [6, 6.07) is 16.8. The SMILES string of the molecule is CC(C)(C)S(=O)(=O)N[C@H](COC(=O)/C=C/C(=O)OC[C@H](Cc1ccccc1)NS(=O)(=O)C(C)(C)C)Cc1ccccc1. The van der Waals surface area contributed by atoms with Gasteiger partial charge in [0.05, 0.1) is 21.6 Å². The Kier molecular flexibility index (Phi) is 12.5. The second kappa shape index (κ2) is 14.9. The number of nitrogens with one attached hydrogen (secondary N) is 2. The lowest BCUT2D eigenvalue weighted by atomic mass is 10.1. The second-order valence-electron chi connectivity index (χ2n) is 11.8. The Hall–Kier alpha value is -3.06. The summed E-state index contributed by atoms with van der Waals surface area (Å²) in [5, 5.41) is 0. The number of esters is 2. The van der Waals surface area contributed by atoms with E-state index in [1.54, 1.807) is 41.5 Å². The molecule has 232 valence electrons. The molecule has 0 amide bonds. The zero-order valence-corrected chi connectivity index (χ0v) is 26.6. The van der Waals surface area contributed by atoms with Gasteiger partial charge < -0.3 is 9.47 Å². The van der Waals surface area contributed by atoms with Crippen LogP contribution in [0.5, 0.6) is 0 Å². The molecule has 2 aromatic rings. The molecule has 0 aliphatic rings. The zero-order valence-electron chi connectivity index (χ0n) is 25.0. The summed E-state index contributed by atoms with van der Waals surface area (Å²) >= 11 is 0. The first-order chi connectivity index (χ1) is 19.4. The Balaban J connectivity index is 2.01. The average Bonchev–Trinajstić information content (AvgIpc) is 2.88. The molecule has 0 aromatic heterocycles. The molecule has 42 heavy (non-hydrogen) atoms. The molecule has 2 aromatic carbocycles. The standard InChI is InChI=1S/C30H42N2O8S2/c1-29(2,3)41(35,36)31-25(19-23-13-9-7-10-14-23)21-39-27(33)17-18-28(34)40-22-26(20-24-15-11-8-12-16-24)32-42(37,38)30(4,5)6/h7-18,25-26,31-32H,19-22H2,1-6H3/b18-17+/t25-,26-/m0/s1. The van der Waals surface area contributed by atoms with Crippen molar-refractivity contribution in [1.29, 1.82) is 0 Å². The van der Waals surface area contributed by atoms with E-state index in [4.69, 9.17) is 9.47 Å². The molecule has 2 N–H and O–H groups in total. The van der Waals surface area contributed by atoms with Gasteiger partial charge in [-0.3, -0.25) is 0 Å². The highest BCUT2D eigenvalue weighted by Crippen LogP contribution is 2.17. The molecule has 0 unspecified atom stereocenters. The molecule has 0 heterocycles. The highest BCUT2D eigenvalue weighted by molar-refractivity contribution is 7.91. The smallest absolute Gasteiger partial charge is 0.331 e. The van der Waals surface area contributed by atoms with Crippen molar-refractivity contribution in [3.63, 3.8) is 0 Å². The van der Waals surface area contributed by atoms with E-state index in [2.05, 4.69) is 9.44 Å². The van der Waals surface area contributed by atoms with Gasteiger partial charge in [0.2, 0.25) is 20.0 Å². The van der Waals surface area contributed by atoms with Gasteiger partial charge >= 0.3 is 11.9 Å². The van der Waals surface area contributed by atoms with Crippen LogP contribution in [0.25, 0.3) is 0 Å². The maximum atomic E-state index is 12.7. The highest BCUT2D eigenvalue weighted by Gasteiger charge is 2.33. The van der Waals surface area contributed by atoms with Crippen LogP contribution >= 0.6 is 0 Å². The van der Waals surface area contributed by atoms with Crippen molar-refractivity contribution in [1.82, 2.24) is 9.44 Å². The number of benzene rings is 2. The van der Waals surface area contributed by atoms with Crippen LogP contribution in [0.15, 0.2) is 72.8 Å². The molecule has 0 aliphatic heterocycles. The van der Waals surface area contributed by atoms with Crippen LogP contribution in [0.1, 0.15) is 52.7 Å². The molecular formula is C30H42N2O8S2. The molecule has 0 aliphatic carbocycles. The van der Waals surface area contributed by atoms with Crippen molar-refractivity contribution in [2.75, 3.05) is 13.2 Å². The third-order valence-electron chi connectivity index (χ3n) is 6.11. The summed E-state index contributed by atoms with van der Waals surface area (Å²) in [5.41, 5.74) is 1.70. The van der Waals surface area contributed by atoms with Gasteiger partial charge in [-0.2, -0.15) is 0 Å². The minimum atomic E-state index is -3.73. The third-order valence-corrected chi connectivity index (χ3v) is 10.6. The topological polar surface area (TPSA) is 145 Å². The maximum Gasteiger partial charge on any atom is 0.331 e. The summed E-state index contributed by atoms with van der Waals surface area (Å²) in [5.74, 6) is -1.73. The fraction of sp³-hybridized carbons (Fsp3) is 0.467. The normalized spacial score (nSPS) is 14.3. The van der Waals surface area contributed by atoms with Crippen molar-refractivity contribution in [2.24, 2.45) is 0 Å². The summed E-state index contributed by atoms with van der Waals surface area (Å²) in [4.78, 5) is 24.7. The van der Waals surface area contributed by atoms with E-state index in [1.165, 1.54) is 0 Å².